The van der Waals surface area contributed by atoms with Crippen LogP contribution in [0.25, 0.3) is 6.08 Å². The summed E-state index contributed by atoms with van der Waals surface area (Å²) in [7, 11) is 0. The number of nitrogens with zero attached hydrogens (tertiary/aromatic N) is 2. The van der Waals surface area contributed by atoms with Gasteiger partial charge >= 0.3 is 0 Å². The molecular weight excluding hydrogens is 148 g/mol. The summed E-state index contributed by atoms with van der Waals surface area (Å²) in [5.74, 6) is 0. The van der Waals surface area contributed by atoms with E-state index in [-0.39, 0.29) is 5.66 Å². The summed E-state index contributed by atoms with van der Waals surface area (Å²) in [4.78, 5) is 0. The first-order chi connectivity index (χ1) is 5.91. The minimum atomic E-state index is -0.175. The lowest BCUT2D eigenvalue weighted by Crippen LogP contribution is -2.11. The number of benzene rings is 1. The molecule has 0 amide bonds. The zero-order chi connectivity index (χ0) is 8.02. The second kappa shape index (κ2) is 1.83. The maximum Gasteiger partial charge on any atom is 0.219 e. The zero-order valence-corrected chi connectivity index (χ0v) is 6.57. The summed E-state index contributed by atoms with van der Waals surface area (Å²) in [6.45, 7) is 0. The average Bonchev–Trinajstić information content (AvgIpc) is 2.87. The largest absolute Gasteiger partial charge is 0.219 e. The Morgan fingerprint density at radius 2 is 2.00 bits per heavy atom. The van der Waals surface area contributed by atoms with Gasteiger partial charge in [0.05, 0.1) is 0 Å². The van der Waals surface area contributed by atoms with Crippen molar-refractivity contribution in [3.8, 4) is 0 Å². The van der Waals surface area contributed by atoms with E-state index in [4.69, 9.17) is 0 Å². The fraction of sp³-hybridized carbons (Fsp3) is 0.200. The maximum absolute atomic E-state index is 4.11. The molecule has 0 fully saturated rings. The molecule has 1 heterocycles. The molecule has 58 valence electrons. The van der Waals surface area contributed by atoms with Gasteiger partial charge in [-0.3, -0.25) is 0 Å². The van der Waals surface area contributed by atoms with Gasteiger partial charge in [-0.1, -0.05) is 36.4 Å². The van der Waals surface area contributed by atoms with Gasteiger partial charge < -0.3 is 0 Å². The second-order valence-corrected chi connectivity index (χ2v) is 3.21. The highest BCUT2D eigenvalue weighted by Gasteiger charge is 2.43. The van der Waals surface area contributed by atoms with Gasteiger partial charge in [0.2, 0.25) is 5.66 Å². The third-order valence-corrected chi connectivity index (χ3v) is 2.43. The van der Waals surface area contributed by atoms with E-state index < -0.39 is 0 Å². The molecule has 0 aromatic heterocycles. The fourth-order valence-corrected chi connectivity index (χ4v) is 1.72. The van der Waals surface area contributed by atoms with Crippen LogP contribution in [0, 0.1) is 0 Å². The van der Waals surface area contributed by atoms with E-state index in [0.717, 1.165) is 6.42 Å². The Labute approximate surface area is 70.6 Å². The molecule has 0 saturated carbocycles. The lowest BCUT2D eigenvalue weighted by Gasteiger charge is -2.15. The fourth-order valence-electron chi connectivity index (χ4n) is 1.72. The van der Waals surface area contributed by atoms with E-state index in [1.165, 1.54) is 11.1 Å². The lowest BCUT2D eigenvalue weighted by atomic mass is 9.90. The first kappa shape index (κ1) is 6.12. The number of fused-ring (bicyclic) bond motifs is 2. The number of rotatable bonds is 0. The smallest absolute Gasteiger partial charge is 0.153 e. The molecule has 0 unspecified atom stereocenters. The summed E-state index contributed by atoms with van der Waals surface area (Å²) in [5.41, 5.74) is 2.34. The van der Waals surface area contributed by atoms with Crippen LogP contribution in [-0.2, 0) is 5.66 Å². The van der Waals surface area contributed by atoms with Crippen molar-refractivity contribution in [1.82, 2.24) is 0 Å². The summed E-state index contributed by atoms with van der Waals surface area (Å²) in [6.07, 6.45) is 5.22. The number of hydrogen-bond donors (Lipinski definition) is 0. The summed E-state index contributed by atoms with van der Waals surface area (Å²) in [6, 6.07) is 8.31. The Kier molecular flexibility index (Phi) is 0.933. The van der Waals surface area contributed by atoms with Crippen molar-refractivity contribution in [3.63, 3.8) is 0 Å². The Morgan fingerprint density at radius 3 is 2.83 bits per heavy atom. The third-order valence-electron chi connectivity index (χ3n) is 2.43. The van der Waals surface area contributed by atoms with Crippen LogP contribution in [0.4, 0.5) is 0 Å². The van der Waals surface area contributed by atoms with Gasteiger partial charge in [-0.2, -0.15) is 10.2 Å². The molecule has 1 aliphatic heterocycles. The standard InChI is InChI=1S/C10H8N2/c1-2-6-9-8(4-1)5-3-7-10(9)11-12-10/h1-6H,7H2. The minimum absolute atomic E-state index is 0.175. The van der Waals surface area contributed by atoms with Crippen LogP contribution in [0.1, 0.15) is 17.5 Å². The van der Waals surface area contributed by atoms with Crippen molar-refractivity contribution < 1.29 is 0 Å². The van der Waals surface area contributed by atoms with E-state index in [2.05, 4.69) is 34.5 Å². The molecule has 12 heavy (non-hydrogen) atoms. The molecule has 0 bridgehead atoms. The topological polar surface area (TPSA) is 24.7 Å². The van der Waals surface area contributed by atoms with Gasteiger partial charge in [0.25, 0.3) is 0 Å². The molecule has 1 aromatic carbocycles. The first-order valence-corrected chi connectivity index (χ1v) is 4.11. The van der Waals surface area contributed by atoms with Crippen LogP contribution in [0.15, 0.2) is 40.6 Å². The molecule has 1 aromatic rings. The molecule has 0 radical (unpaired) electrons. The van der Waals surface area contributed by atoms with Crippen molar-refractivity contribution in [2.24, 2.45) is 10.2 Å². The van der Waals surface area contributed by atoms with Crippen LogP contribution >= 0.6 is 0 Å². The van der Waals surface area contributed by atoms with Crippen LogP contribution in [0.2, 0.25) is 0 Å². The van der Waals surface area contributed by atoms with E-state index >= 15 is 0 Å². The predicted molar refractivity (Wildman–Crippen MR) is 46.6 cm³/mol. The zero-order valence-electron chi connectivity index (χ0n) is 6.57. The van der Waals surface area contributed by atoms with Crippen molar-refractivity contribution in [2.45, 2.75) is 12.1 Å². The predicted octanol–water partition coefficient (Wildman–Crippen LogP) is 2.72. The number of hydrogen-bond acceptors (Lipinski definition) is 2. The normalized spacial score (nSPS) is 21.0. The van der Waals surface area contributed by atoms with E-state index in [0.29, 0.717) is 0 Å². The lowest BCUT2D eigenvalue weighted by molar-refractivity contribution is 0.649. The average molecular weight is 156 g/mol. The highest BCUT2D eigenvalue weighted by molar-refractivity contribution is 5.59. The molecular formula is C10H8N2. The van der Waals surface area contributed by atoms with Crippen molar-refractivity contribution in [3.05, 3.63) is 41.5 Å². The van der Waals surface area contributed by atoms with E-state index in [1.807, 2.05) is 12.1 Å². The van der Waals surface area contributed by atoms with Crippen LogP contribution in [-0.4, -0.2) is 0 Å². The van der Waals surface area contributed by atoms with Gasteiger partial charge in [0.15, 0.2) is 0 Å². The van der Waals surface area contributed by atoms with Crippen LogP contribution < -0.4 is 0 Å². The van der Waals surface area contributed by atoms with E-state index in [9.17, 15) is 0 Å². The molecule has 2 heteroatoms. The summed E-state index contributed by atoms with van der Waals surface area (Å²) >= 11 is 0. The first-order valence-electron chi connectivity index (χ1n) is 4.11. The molecule has 0 atom stereocenters. The van der Waals surface area contributed by atoms with Crippen molar-refractivity contribution >= 4 is 6.08 Å². The van der Waals surface area contributed by atoms with Gasteiger partial charge in [-0.05, 0) is 5.56 Å². The Morgan fingerprint density at radius 1 is 1.17 bits per heavy atom. The van der Waals surface area contributed by atoms with Gasteiger partial charge in [0, 0.05) is 12.0 Å². The SMILES string of the molecule is C1=Cc2ccccc2C2(C1)N=N2. The molecule has 2 aliphatic rings. The maximum atomic E-state index is 4.11. The molecule has 3 rings (SSSR count). The molecule has 1 spiro atoms. The van der Waals surface area contributed by atoms with E-state index in [1.54, 1.807) is 0 Å². The Balaban J connectivity index is 2.24. The highest BCUT2D eigenvalue weighted by atomic mass is 15.4. The van der Waals surface area contributed by atoms with Crippen LogP contribution in [0.5, 0.6) is 0 Å². The molecule has 0 saturated heterocycles. The van der Waals surface area contributed by atoms with Crippen molar-refractivity contribution in [1.29, 1.82) is 0 Å². The van der Waals surface area contributed by atoms with Crippen LogP contribution in [0.3, 0.4) is 0 Å². The molecule has 1 aliphatic carbocycles. The third kappa shape index (κ3) is 0.644. The highest BCUT2D eigenvalue weighted by Crippen LogP contribution is 2.46. The second-order valence-electron chi connectivity index (χ2n) is 3.21. The Hall–Kier alpha value is -1.44. The molecule has 0 N–H and O–H groups in total. The Bertz CT molecular complexity index is 385. The minimum Gasteiger partial charge on any atom is -0.153 e. The summed E-state index contributed by atoms with van der Waals surface area (Å²) in [5, 5.41) is 8.22. The molecule has 2 nitrogen and oxygen atoms in total. The van der Waals surface area contributed by atoms with Crippen molar-refractivity contribution in [2.75, 3.05) is 0 Å². The van der Waals surface area contributed by atoms with Gasteiger partial charge in [-0.25, -0.2) is 0 Å². The quantitative estimate of drug-likeness (QED) is 0.551. The monoisotopic (exact) mass is 156 g/mol. The summed E-state index contributed by atoms with van der Waals surface area (Å²) < 4.78 is 0. The van der Waals surface area contributed by atoms with Gasteiger partial charge in [-0.15, -0.1) is 0 Å². The van der Waals surface area contributed by atoms with Gasteiger partial charge in [0.1, 0.15) is 0 Å².